The number of carboxylic acids is 1. The van der Waals surface area contributed by atoms with E-state index in [0.717, 1.165) is 16.5 Å². The van der Waals surface area contributed by atoms with Crippen LogP contribution in [-0.4, -0.2) is 15.6 Å². The van der Waals surface area contributed by atoms with Crippen LogP contribution in [0.15, 0.2) is 18.2 Å². The zero-order chi connectivity index (χ0) is 11.0. The first kappa shape index (κ1) is 9.77. The van der Waals surface area contributed by atoms with Crippen molar-refractivity contribution in [3.63, 3.8) is 0 Å². The van der Waals surface area contributed by atoms with Gasteiger partial charge in [0.05, 0.1) is 0 Å². The molecule has 0 bridgehead atoms. The van der Waals surface area contributed by atoms with Crippen LogP contribution in [0.3, 0.4) is 0 Å². The molecule has 0 aliphatic rings. The fourth-order valence-corrected chi connectivity index (χ4v) is 2.00. The highest BCUT2D eigenvalue weighted by molar-refractivity contribution is 5.97. The van der Waals surface area contributed by atoms with Gasteiger partial charge in [0.25, 0.3) is 0 Å². The average molecular weight is 202 g/mol. The van der Waals surface area contributed by atoms with Crippen molar-refractivity contribution in [3.8, 4) is 0 Å². The second-order valence-electron chi connectivity index (χ2n) is 3.45. The van der Waals surface area contributed by atoms with E-state index in [0.29, 0.717) is 12.2 Å². The summed E-state index contributed by atoms with van der Waals surface area (Å²) in [5.41, 5.74) is 2.10. The molecule has 77 valence electrons. The largest absolute Gasteiger partial charge is 0.477 e. The van der Waals surface area contributed by atoms with Gasteiger partial charge in [-0.3, -0.25) is 0 Å². The minimum absolute atomic E-state index is 0.370. The van der Waals surface area contributed by atoms with Crippen LogP contribution in [0.5, 0.6) is 0 Å². The molecule has 0 saturated heterocycles. The summed E-state index contributed by atoms with van der Waals surface area (Å²) < 4.78 is 1.81. The summed E-state index contributed by atoms with van der Waals surface area (Å²) >= 11 is 0. The summed E-state index contributed by atoms with van der Waals surface area (Å²) in [4.78, 5) is 11.1. The summed E-state index contributed by atoms with van der Waals surface area (Å²) in [7, 11) is 0. The summed E-state index contributed by atoms with van der Waals surface area (Å²) in [6.07, 6.45) is 0. The predicted molar refractivity (Wildman–Crippen MR) is 58.1 cm³/mol. The lowest BCUT2D eigenvalue weighted by molar-refractivity contribution is 0.0685. The van der Waals surface area contributed by atoms with Crippen LogP contribution in [0, 0.1) is 13.0 Å². The quantitative estimate of drug-likeness (QED) is 0.812. The van der Waals surface area contributed by atoms with E-state index in [-0.39, 0.29) is 0 Å². The lowest BCUT2D eigenvalue weighted by Crippen LogP contribution is -2.08. The molecule has 1 aromatic heterocycles. The smallest absolute Gasteiger partial charge is 0.352 e. The van der Waals surface area contributed by atoms with E-state index in [1.165, 1.54) is 0 Å². The van der Waals surface area contributed by atoms with Crippen LogP contribution in [0.4, 0.5) is 0 Å². The molecule has 0 spiro atoms. The number of rotatable bonds is 2. The van der Waals surface area contributed by atoms with Crippen molar-refractivity contribution in [2.75, 3.05) is 0 Å². The maximum absolute atomic E-state index is 11.1. The molecule has 2 aromatic rings. The third kappa shape index (κ3) is 1.31. The van der Waals surface area contributed by atoms with Gasteiger partial charge in [0.1, 0.15) is 5.69 Å². The number of nitrogens with zero attached hydrogens (tertiary/aromatic N) is 1. The molecular formula is C12H12NO2. The average Bonchev–Trinajstić information content (AvgIpc) is 2.52. The molecule has 15 heavy (non-hydrogen) atoms. The molecule has 0 atom stereocenters. The fraction of sp³-hybridized carbons (Fsp3) is 0.250. The molecule has 2 rings (SSSR count). The van der Waals surface area contributed by atoms with Gasteiger partial charge in [-0.05, 0) is 31.5 Å². The third-order valence-electron chi connectivity index (χ3n) is 2.64. The minimum Gasteiger partial charge on any atom is -0.477 e. The highest BCUT2D eigenvalue weighted by Gasteiger charge is 2.17. The maximum Gasteiger partial charge on any atom is 0.352 e. The van der Waals surface area contributed by atoms with Crippen LogP contribution in [0.1, 0.15) is 23.0 Å². The second-order valence-corrected chi connectivity index (χ2v) is 3.45. The molecule has 1 aromatic carbocycles. The van der Waals surface area contributed by atoms with Crippen molar-refractivity contribution >= 4 is 16.9 Å². The van der Waals surface area contributed by atoms with Crippen molar-refractivity contribution in [2.45, 2.75) is 20.4 Å². The van der Waals surface area contributed by atoms with E-state index >= 15 is 0 Å². The van der Waals surface area contributed by atoms with Gasteiger partial charge in [-0.2, -0.15) is 0 Å². The monoisotopic (exact) mass is 202 g/mol. The zero-order valence-electron chi connectivity index (χ0n) is 8.74. The van der Waals surface area contributed by atoms with Gasteiger partial charge >= 0.3 is 5.97 Å². The highest BCUT2D eigenvalue weighted by atomic mass is 16.4. The molecule has 0 amide bonds. The Bertz CT molecular complexity index is 526. The van der Waals surface area contributed by atoms with Crippen molar-refractivity contribution < 1.29 is 9.90 Å². The molecule has 1 N–H and O–H groups in total. The Balaban J connectivity index is 2.90. The Morgan fingerprint density at radius 3 is 2.93 bits per heavy atom. The Morgan fingerprint density at radius 2 is 2.33 bits per heavy atom. The Kier molecular flexibility index (Phi) is 2.23. The van der Waals surface area contributed by atoms with Crippen molar-refractivity contribution in [3.05, 3.63) is 35.5 Å². The van der Waals surface area contributed by atoms with E-state index in [9.17, 15) is 4.79 Å². The van der Waals surface area contributed by atoms with Crippen molar-refractivity contribution in [1.29, 1.82) is 0 Å². The van der Waals surface area contributed by atoms with Crippen LogP contribution < -0.4 is 0 Å². The number of aromatic carboxylic acids is 1. The molecule has 0 fully saturated rings. The third-order valence-corrected chi connectivity index (χ3v) is 2.64. The topological polar surface area (TPSA) is 42.2 Å². The molecule has 0 aliphatic carbocycles. The van der Waals surface area contributed by atoms with E-state index in [1.54, 1.807) is 6.07 Å². The molecule has 0 saturated carbocycles. The van der Waals surface area contributed by atoms with Crippen LogP contribution in [0.2, 0.25) is 0 Å². The van der Waals surface area contributed by atoms with Crippen LogP contribution in [0.25, 0.3) is 10.9 Å². The van der Waals surface area contributed by atoms with Crippen LogP contribution >= 0.6 is 0 Å². The Hall–Kier alpha value is -1.77. The SMILES string of the molecule is CCn1c(C(=O)O)c(C)c2[c]cccc21. The first-order valence-electron chi connectivity index (χ1n) is 4.89. The lowest BCUT2D eigenvalue weighted by Gasteiger charge is -2.03. The Labute approximate surface area is 87.9 Å². The second kappa shape index (κ2) is 3.42. The van der Waals surface area contributed by atoms with E-state index in [1.807, 2.05) is 30.5 Å². The van der Waals surface area contributed by atoms with Gasteiger partial charge in [0, 0.05) is 17.4 Å². The number of carboxylic acid groups (broad SMARTS) is 1. The fourth-order valence-electron chi connectivity index (χ4n) is 2.00. The molecule has 3 heteroatoms. The van der Waals surface area contributed by atoms with E-state index in [4.69, 9.17) is 5.11 Å². The standard InChI is InChI=1S/C12H12NO2/c1-3-13-10-7-5-4-6-9(10)8(2)11(13)12(14)15/h4-5,7H,3H2,1-2H3,(H,14,15). The normalized spacial score (nSPS) is 10.8. The molecule has 3 nitrogen and oxygen atoms in total. The lowest BCUT2D eigenvalue weighted by atomic mass is 10.1. The Morgan fingerprint density at radius 1 is 1.60 bits per heavy atom. The van der Waals surface area contributed by atoms with Gasteiger partial charge < -0.3 is 9.67 Å². The van der Waals surface area contributed by atoms with Gasteiger partial charge in [-0.1, -0.05) is 12.1 Å². The first-order chi connectivity index (χ1) is 7.16. The molecule has 0 aliphatic heterocycles. The molecule has 1 radical (unpaired) electrons. The summed E-state index contributed by atoms with van der Waals surface area (Å²) in [5.74, 6) is -0.876. The summed E-state index contributed by atoms with van der Waals surface area (Å²) in [5, 5.41) is 10.0. The molecule has 1 heterocycles. The summed E-state index contributed by atoms with van der Waals surface area (Å²) in [6, 6.07) is 8.69. The van der Waals surface area contributed by atoms with Gasteiger partial charge in [-0.15, -0.1) is 0 Å². The number of benzene rings is 1. The highest BCUT2D eigenvalue weighted by Crippen LogP contribution is 2.24. The van der Waals surface area contributed by atoms with Crippen molar-refractivity contribution in [2.24, 2.45) is 0 Å². The van der Waals surface area contributed by atoms with Gasteiger partial charge in [-0.25, -0.2) is 4.79 Å². The summed E-state index contributed by atoms with van der Waals surface area (Å²) in [6.45, 7) is 4.43. The maximum atomic E-state index is 11.1. The van der Waals surface area contributed by atoms with Gasteiger partial charge in [0.15, 0.2) is 0 Å². The number of hydrogen-bond donors (Lipinski definition) is 1. The molecule has 0 unspecified atom stereocenters. The minimum atomic E-state index is -0.876. The van der Waals surface area contributed by atoms with Gasteiger partial charge in [0.2, 0.25) is 0 Å². The number of fused-ring (bicyclic) bond motifs is 1. The first-order valence-corrected chi connectivity index (χ1v) is 4.89. The number of carbonyl (C=O) groups is 1. The molecular weight excluding hydrogens is 190 g/mol. The zero-order valence-corrected chi connectivity index (χ0v) is 8.74. The number of aromatic nitrogens is 1. The predicted octanol–water partition coefficient (Wildman–Crippen LogP) is 2.47. The number of hydrogen-bond acceptors (Lipinski definition) is 1. The van der Waals surface area contributed by atoms with E-state index in [2.05, 4.69) is 6.07 Å². The van der Waals surface area contributed by atoms with E-state index < -0.39 is 5.97 Å². The van der Waals surface area contributed by atoms with Crippen molar-refractivity contribution in [1.82, 2.24) is 4.57 Å². The number of aryl methyl sites for hydroxylation is 2. The van der Waals surface area contributed by atoms with Crippen LogP contribution in [-0.2, 0) is 6.54 Å².